The van der Waals surface area contributed by atoms with Crippen molar-refractivity contribution in [2.45, 2.75) is 19.4 Å². The van der Waals surface area contributed by atoms with Crippen molar-refractivity contribution in [3.8, 4) is 5.75 Å². The molecule has 0 aromatic heterocycles. The van der Waals surface area contributed by atoms with Crippen molar-refractivity contribution in [2.75, 3.05) is 30.8 Å². The molecule has 1 aliphatic rings. The number of carbonyl (C=O) groups is 1. The van der Waals surface area contributed by atoms with E-state index >= 15 is 0 Å². The predicted molar refractivity (Wildman–Crippen MR) is 71.8 cm³/mol. The summed E-state index contributed by atoms with van der Waals surface area (Å²) in [6.45, 7) is 5.13. The highest BCUT2D eigenvalue weighted by Gasteiger charge is 2.38. The van der Waals surface area contributed by atoms with Gasteiger partial charge in [-0.2, -0.15) is 0 Å². The van der Waals surface area contributed by atoms with Crippen LogP contribution >= 0.6 is 0 Å². The van der Waals surface area contributed by atoms with E-state index in [1.165, 1.54) is 0 Å². The molecular weight excluding hydrogens is 230 g/mol. The first-order chi connectivity index (χ1) is 8.46. The highest BCUT2D eigenvalue weighted by Crippen LogP contribution is 2.33. The Morgan fingerprint density at radius 3 is 2.83 bits per heavy atom. The van der Waals surface area contributed by atoms with Crippen LogP contribution in [-0.4, -0.2) is 31.6 Å². The van der Waals surface area contributed by atoms with E-state index in [9.17, 15) is 4.79 Å². The molecule has 0 unspecified atom stereocenters. The Morgan fingerprint density at radius 1 is 1.44 bits per heavy atom. The van der Waals surface area contributed by atoms with Crippen LogP contribution in [0.4, 0.5) is 11.4 Å². The number of nitrogen functional groups attached to an aromatic ring is 1. The third-order valence-electron chi connectivity index (χ3n) is 3.38. The molecule has 2 rings (SSSR count). The molecule has 0 radical (unpaired) electrons. The van der Waals surface area contributed by atoms with E-state index in [0.717, 1.165) is 18.0 Å². The number of benzene rings is 1. The van der Waals surface area contributed by atoms with E-state index in [1.54, 1.807) is 13.2 Å². The molecule has 98 valence electrons. The van der Waals surface area contributed by atoms with Gasteiger partial charge in [-0.1, -0.05) is 0 Å². The second-order valence-electron chi connectivity index (χ2n) is 4.89. The van der Waals surface area contributed by atoms with Gasteiger partial charge in [0, 0.05) is 19.2 Å². The number of methoxy groups -OCH3 is 1. The number of rotatable bonds is 2. The van der Waals surface area contributed by atoms with Crippen LogP contribution in [0.1, 0.15) is 13.8 Å². The van der Waals surface area contributed by atoms with Crippen LogP contribution < -0.4 is 20.7 Å². The molecule has 3 N–H and O–H groups in total. The monoisotopic (exact) mass is 249 g/mol. The van der Waals surface area contributed by atoms with Crippen molar-refractivity contribution in [2.24, 2.45) is 0 Å². The van der Waals surface area contributed by atoms with Gasteiger partial charge in [0.15, 0.2) is 0 Å². The van der Waals surface area contributed by atoms with E-state index in [2.05, 4.69) is 5.32 Å². The standard InChI is InChI=1S/C13H19N3O2/c1-13(2)12(17)15-6-7-16(13)11-8-9(18-3)4-5-10(11)14/h4-5,8H,6-7,14H2,1-3H3,(H,15,17). The fourth-order valence-electron chi connectivity index (χ4n) is 2.21. The topological polar surface area (TPSA) is 67.6 Å². The molecule has 1 aromatic rings. The van der Waals surface area contributed by atoms with Crippen molar-refractivity contribution in [1.29, 1.82) is 0 Å². The Bertz CT molecular complexity index is 471. The van der Waals surface area contributed by atoms with Crippen molar-refractivity contribution in [1.82, 2.24) is 5.32 Å². The molecule has 1 saturated heterocycles. The van der Waals surface area contributed by atoms with Crippen molar-refractivity contribution in [3.05, 3.63) is 18.2 Å². The average molecular weight is 249 g/mol. The molecule has 0 aliphatic carbocycles. The Hall–Kier alpha value is -1.91. The first-order valence-corrected chi connectivity index (χ1v) is 5.96. The highest BCUT2D eigenvalue weighted by molar-refractivity contribution is 5.91. The van der Waals surface area contributed by atoms with E-state index < -0.39 is 5.54 Å². The molecule has 18 heavy (non-hydrogen) atoms. The number of nitrogens with zero attached hydrogens (tertiary/aromatic N) is 1. The molecule has 1 heterocycles. The lowest BCUT2D eigenvalue weighted by Crippen LogP contribution is -2.62. The minimum Gasteiger partial charge on any atom is -0.497 e. The number of amides is 1. The van der Waals surface area contributed by atoms with Crippen LogP contribution in [0, 0.1) is 0 Å². The van der Waals surface area contributed by atoms with Gasteiger partial charge in [-0.05, 0) is 26.0 Å². The Balaban J connectivity index is 2.43. The number of anilines is 2. The number of carbonyl (C=O) groups excluding carboxylic acids is 1. The van der Waals surface area contributed by atoms with E-state index in [1.807, 2.05) is 30.9 Å². The summed E-state index contributed by atoms with van der Waals surface area (Å²) in [7, 11) is 1.61. The first-order valence-electron chi connectivity index (χ1n) is 5.96. The number of hydrogen-bond acceptors (Lipinski definition) is 4. The number of hydrogen-bond donors (Lipinski definition) is 2. The minimum atomic E-state index is -0.612. The van der Waals surface area contributed by atoms with E-state index in [4.69, 9.17) is 10.5 Å². The van der Waals surface area contributed by atoms with Gasteiger partial charge in [0.05, 0.1) is 18.5 Å². The largest absolute Gasteiger partial charge is 0.497 e. The molecule has 1 fully saturated rings. The molecule has 0 spiro atoms. The van der Waals surface area contributed by atoms with Gasteiger partial charge in [-0.15, -0.1) is 0 Å². The Labute approximate surface area is 107 Å². The van der Waals surface area contributed by atoms with Crippen molar-refractivity contribution >= 4 is 17.3 Å². The summed E-state index contributed by atoms with van der Waals surface area (Å²) in [5.74, 6) is 0.747. The maximum atomic E-state index is 11.9. The molecule has 1 aliphatic heterocycles. The summed E-state index contributed by atoms with van der Waals surface area (Å²) < 4.78 is 5.21. The van der Waals surface area contributed by atoms with Gasteiger partial charge in [-0.3, -0.25) is 4.79 Å². The Morgan fingerprint density at radius 2 is 2.17 bits per heavy atom. The highest BCUT2D eigenvalue weighted by atomic mass is 16.5. The zero-order valence-electron chi connectivity index (χ0n) is 11.0. The third-order valence-corrected chi connectivity index (χ3v) is 3.38. The zero-order chi connectivity index (χ0) is 13.3. The summed E-state index contributed by atoms with van der Waals surface area (Å²) >= 11 is 0. The van der Waals surface area contributed by atoms with Crippen LogP contribution in [0.15, 0.2) is 18.2 Å². The summed E-state index contributed by atoms with van der Waals surface area (Å²) in [6.07, 6.45) is 0. The Kier molecular flexibility index (Phi) is 3.07. The second-order valence-corrected chi connectivity index (χ2v) is 4.89. The fraction of sp³-hybridized carbons (Fsp3) is 0.462. The summed E-state index contributed by atoms with van der Waals surface area (Å²) in [4.78, 5) is 14.0. The molecule has 0 saturated carbocycles. The van der Waals surface area contributed by atoms with Crippen LogP contribution in [-0.2, 0) is 4.79 Å². The fourth-order valence-corrected chi connectivity index (χ4v) is 2.21. The summed E-state index contributed by atoms with van der Waals surface area (Å²) in [5.41, 5.74) is 6.89. The number of piperazine rings is 1. The van der Waals surface area contributed by atoms with Gasteiger partial charge >= 0.3 is 0 Å². The maximum Gasteiger partial charge on any atom is 0.245 e. The van der Waals surface area contributed by atoms with Gasteiger partial charge in [0.25, 0.3) is 0 Å². The van der Waals surface area contributed by atoms with Crippen molar-refractivity contribution < 1.29 is 9.53 Å². The number of ether oxygens (including phenoxy) is 1. The molecule has 1 amide bonds. The van der Waals surface area contributed by atoms with Crippen LogP contribution in [0.25, 0.3) is 0 Å². The average Bonchev–Trinajstić information content (AvgIpc) is 2.34. The second kappa shape index (κ2) is 4.40. The summed E-state index contributed by atoms with van der Waals surface area (Å²) in [5, 5.41) is 2.87. The zero-order valence-corrected chi connectivity index (χ0v) is 11.0. The van der Waals surface area contributed by atoms with Crippen molar-refractivity contribution in [3.63, 3.8) is 0 Å². The summed E-state index contributed by atoms with van der Waals surface area (Å²) in [6, 6.07) is 5.49. The van der Waals surface area contributed by atoms with E-state index in [0.29, 0.717) is 12.2 Å². The smallest absolute Gasteiger partial charge is 0.245 e. The molecule has 1 aromatic carbocycles. The predicted octanol–water partition coefficient (Wildman–Crippen LogP) is 0.992. The van der Waals surface area contributed by atoms with E-state index in [-0.39, 0.29) is 5.91 Å². The molecule has 5 nitrogen and oxygen atoms in total. The van der Waals surface area contributed by atoms with Gasteiger partial charge in [0.2, 0.25) is 5.91 Å². The normalized spacial score (nSPS) is 18.4. The first kappa shape index (κ1) is 12.5. The van der Waals surface area contributed by atoms with Gasteiger partial charge in [0.1, 0.15) is 11.3 Å². The molecular formula is C13H19N3O2. The van der Waals surface area contributed by atoms with Gasteiger partial charge in [-0.25, -0.2) is 0 Å². The molecule has 0 atom stereocenters. The quantitative estimate of drug-likeness (QED) is 0.767. The lowest BCUT2D eigenvalue weighted by atomic mass is 9.97. The molecule has 5 heteroatoms. The maximum absolute atomic E-state index is 11.9. The minimum absolute atomic E-state index is 0.0102. The van der Waals surface area contributed by atoms with Crippen LogP contribution in [0.2, 0.25) is 0 Å². The van der Waals surface area contributed by atoms with Gasteiger partial charge < -0.3 is 20.7 Å². The SMILES string of the molecule is COc1ccc(N)c(N2CCNC(=O)C2(C)C)c1. The third kappa shape index (κ3) is 1.96. The number of nitrogens with two attached hydrogens (primary N) is 1. The van der Waals surface area contributed by atoms with Crippen LogP contribution in [0.5, 0.6) is 5.75 Å². The lowest BCUT2D eigenvalue weighted by molar-refractivity contribution is -0.126. The van der Waals surface area contributed by atoms with Crippen LogP contribution in [0.3, 0.4) is 0 Å². The molecule has 0 bridgehead atoms. The lowest BCUT2D eigenvalue weighted by Gasteiger charge is -2.43. The number of nitrogens with one attached hydrogen (secondary N) is 1.